The molecular weight excluding hydrogens is 170 g/mol. The molecule has 0 aliphatic heterocycles. The van der Waals surface area contributed by atoms with Gasteiger partial charge < -0.3 is 5.73 Å². The molecule has 0 bridgehead atoms. The molecular formula is C13H27N. The summed E-state index contributed by atoms with van der Waals surface area (Å²) in [4.78, 5) is 0. The van der Waals surface area contributed by atoms with Crippen molar-refractivity contribution in [2.75, 3.05) is 0 Å². The first-order valence-corrected chi connectivity index (χ1v) is 6.24. The lowest BCUT2D eigenvalue weighted by atomic mass is 9.87. The third-order valence-electron chi connectivity index (χ3n) is 3.47. The molecule has 1 nitrogen and oxygen atoms in total. The van der Waals surface area contributed by atoms with Gasteiger partial charge in [-0.05, 0) is 37.0 Å². The average molecular weight is 197 g/mol. The van der Waals surface area contributed by atoms with E-state index < -0.39 is 0 Å². The molecule has 2 N–H and O–H groups in total. The van der Waals surface area contributed by atoms with E-state index in [0.717, 1.165) is 5.92 Å². The average Bonchev–Trinajstić information content (AvgIpc) is 2.53. The summed E-state index contributed by atoms with van der Waals surface area (Å²) >= 11 is 0. The fraction of sp³-hybridized carbons (Fsp3) is 1.00. The van der Waals surface area contributed by atoms with Crippen molar-refractivity contribution >= 4 is 0 Å². The van der Waals surface area contributed by atoms with E-state index in [1.165, 1.54) is 44.9 Å². The molecule has 0 aromatic heterocycles. The van der Waals surface area contributed by atoms with Crippen molar-refractivity contribution in [3.63, 3.8) is 0 Å². The summed E-state index contributed by atoms with van der Waals surface area (Å²) in [6, 6.07) is 0.486. The van der Waals surface area contributed by atoms with Crippen molar-refractivity contribution in [1.29, 1.82) is 0 Å². The van der Waals surface area contributed by atoms with Gasteiger partial charge in [0.1, 0.15) is 0 Å². The zero-order valence-corrected chi connectivity index (χ0v) is 10.2. The minimum absolute atomic E-state index is 0.482. The zero-order valence-electron chi connectivity index (χ0n) is 10.2. The van der Waals surface area contributed by atoms with Gasteiger partial charge in [-0.15, -0.1) is 0 Å². The van der Waals surface area contributed by atoms with Crippen molar-refractivity contribution in [1.82, 2.24) is 0 Å². The van der Waals surface area contributed by atoms with Crippen LogP contribution in [0.4, 0.5) is 0 Å². The molecule has 0 aromatic carbocycles. The molecule has 1 aliphatic rings. The maximum Gasteiger partial charge on any atom is 0.00671 e. The summed E-state index contributed by atoms with van der Waals surface area (Å²) in [6.45, 7) is 6.94. The Morgan fingerprint density at radius 3 is 2.29 bits per heavy atom. The first-order chi connectivity index (χ1) is 6.49. The maximum absolute atomic E-state index is 6.21. The van der Waals surface area contributed by atoms with Crippen molar-refractivity contribution in [2.45, 2.75) is 71.8 Å². The third-order valence-corrected chi connectivity index (χ3v) is 3.47. The van der Waals surface area contributed by atoms with E-state index in [-0.39, 0.29) is 0 Å². The Kier molecular flexibility index (Phi) is 4.43. The minimum Gasteiger partial charge on any atom is -0.327 e. The standard InChI is InChI=1S/C13H27N/c1-13(2,3)10-6-9-12(14)11-7-4-5-8-11/h11-12H,4-10,14H2,1-3H3. The van der Waals surface area contributed by atoms with Crippen LogP contribution in [0, 0.1) is 11.3 Å². The maximum atomic E-state index is 6.21. The number of hydrogen-bond acceptors (Lipinski definition) is 1. The lowest BCUT2D eigenvalue weighted by Crippen LogP contribution is -2.28. The molecule has 0 heterocycles. The molecule has 1 heteroatoms. The Bertz CT molecular complexity index is 151. The van der Waals surface area contributed by atoms with Gasteiger partial charge >= 0.3 is 0 Å². The minimum atomic E-state index is 0.482. The Morgan fingerprint density at radius 1 is 1.21 bits per heavy atom. The second-order valence-electron chi connectivity index (χ2n) is 6.16. The summed E-state index contributed by atoms with van der Waals surface area (Å²) in [6.07, 6.45) is 9.46. The van der Waals surface area contributed by atoms with Gasteiger partial charge in [0.05, 0.1) is 0 Å². The van der Waals surface area contributed by atoms with Crippen LogP contribution in [0.3, 0.4) is 0 Å². The van der Waals surface area contributed by atoms with Gasteiger partial charge in [-0.2, -0.15) is 0 Å². The number of rotatable bonds is 4. The molecule has 1 atom stereocenters. The van der Waals surface area contributed by atoms with E-state index in [4.69, 9.17) is 5.73 Å². The lowest BCUT2D eigenvalue weighted by molar-refractivity contribution is 0.329. The van der Waals surface area contributed by atoms with Gasteiger partial charge in [0.25, 0.3) is 0 Å². The van der Waals surface area contributed by atoms with Crippen LogP contribution in [0.25, 0.3) is 0 Å². The molecule has 14 heavy (non-hydrogen) atoms. The monoisotopic (exact) mass is 197 g/mol. The highest BCUT2D eigenvalue weighted by Crippen LogP contribution is 2.30. The second-order valence-corrected chi connectivity index (χ2v) is 6.16. The van der Waals surface area contributed by atoms with Crippen LogP contribution >= 0.6 is 0 Å². The molecule has 1 unspecified atom stereocenters. The normalized spacial score (nSPS) is 21.4. The van der Waals surface area contributed by atoms with Crippen LogP contribution < -0.4 is 5.73 Å². The highest BCUT2D eigenvalue weighted by atomic mass is 14.6. The largest absolute Gasteiger partial charge is 0.327 e. The van der Waals surface area contributed by atoms with Crippen LogP contribution in [-0.4, -0.2) is 6.04 Å². The van der Waals surface area contributed by atoms with Gasteiger partial charge in [0.15, 0.2) is 0 Å². The van der Waals surface area contributed by atoms with Crippen LogP contribution in [0.2, 0.25) is 0 Å². The SMILES string of the molecule is CC(C)(C)CCCC(N)C1CCCC1. The lowest BCUT2D eigenvalue weighted by Gasteiger charge is -2.22. The number of hydrogen-bond donors (Lipinski definition) is 1. The molecule has 1 fully saturated rings. The Labute approximate surface area is 89.5 Å². The van der Waals surface area contributed by atoms with Crippen LogP contribution in [0.1, 0.15) is 65.7 Å². The molecule has 0 spiro atoms. The van der Waals surface area contributed by atoms with E-state index in [9.17, 15) is 0 Å². The summed E-state index contributed by atoms with van der Waals surface area (Å²) in [5, 5.41) is 0. The topological polar surface area (TPSA) is 26.0 Å². The molecule has 0 radical (unpaired) electrons. The van der Waals surface area contributed by atoms with Gasteiger partial charge in [0.2, 0.25) is 0 Å². The van der Waals surface area contributed by atoms with E-state index in [2.05, 4.69) is 20.8 Å². The van der Waals surface area contributed by atoms with E-state index in [1.807, 2.05) is 0 Å². The first kappa shape index (κ1) is 12.0. The molecule has 1 rings (SSSR count). The quantitative estimate of drug-likeness (QED) is 0.730. The van der Waals surface area contributed by atoms with Gasteiger partial charge in [-0.3, -0.25) is 0 Å². The summed E-state index contributed by atoms with van der Waals surface area (Å²) in [5.74, 6) is 0.843. The summed E-state index contributed by atoms with van der Waals surface area (Å²) in [5.41, 5.74) is 6.69. The zero-order chi connectivity index (χ0) is 10.6. The molecule has 1 aliphatic carbocycles. The van der Waals surface area contributed by atoms with E-state index >= 15 is 0 Å². The first-order valence-electron chi connectivity index (χ1n) is 6.24. The molecule has 1 saturated carbocycles. The van der Waals surface area contributed by atoms with Crippen molar-refractivity contribution in [3.8, 4) is 0 Å². The molecule has 0 saturated heterocycles. The molecule has 84 valence electrons. The smallest absolute Gasteiger partial charge is 0.00671 e. The Balaban J connectivity index is 2.11. The highest BCUT2D eigenvalue weighted by Gasteiger charge is 2.22. The predicted molar refractivity (Wildman–Crippen MR) is 63.2 cm³/mol. The predicted octanol–water partition coefficient (Wildman–Crippen LogP) is 3.72. The molecule has 0 amide bonds. The Morgan fingerprint density at radius 2 is 1.79 bits per heavy atom. The third kappa shape index (κ3) is 4.45. The summed E-state index contributed by atoms with van der Waals surface area (Å²) in [7, 11) is 0. The van der Waals surface area contributed by atoms with Crippen molar-refractivity contribution in [2.24, 2.45) is 17.1 Å². The van der Waals surface area contributed by atoms with Gasteiger partial charge in [-0.25, -0.2) is 0 Å². The van der Waals surface area contributed by atoms with Crippen molar-refractivity contribution < 1.29 is 0 Å². The van der Waals surface area contributed by atoms with Crippen LogP contribution in [-0.2, 0) is 0 Å². The highest BCUT2D eigenvalue weighted by molar-refractivity contribution is 4.78. The number of nitrogens with two attached hydrogens (primary N) is 1. The Hall–Kier alpha value is -0.0400. The van der Waals surface area contributed by atoms with E-state index in [0.29, 0.717) is 11.5 Å². The van der Waals surface area contributed by atoms with Gasteiger partial charge in [0, 0.05) is 6.04 Å². The summed E-state index contributed by atoms with van der Waals surface area (Å²) < 4.78 is 0. The second kappa shape index (κ2) is 5.16. The van der Waals surface area contributed by atoms with E-state index in [1.54, 1.807) is 0 Å². The fourth-order valence-electron chi connectivity index (χ4n) is 2.49. The van der Waals surface area contributed by atoms with Crippen LogP contribution in [0.5, 0.6) is 0 Å². The molecule has 0 aromatic rings. The van der Waals surface area contributed by atoms with Crippen LogP contribution in [0.15, 0.2) is 0 Å². The fourth-order valence-corrected chi connectivity index (χ4v) is 2.49. The van der Waals surface area contributed by atoms with Gasteiger partial charge in [-0.1, -0.05) is 40.0 Å². The van der Waals surface area contributed by atoms with Crippen molar-refractivity contribution in [3.05, 3.63) is 0 Å².